The number of hydrogen-bond acceptors (Lipinski definition) is 7. The quantitative estimate of drug-likeness (QED) is 0.567. The molecule has 0 aromatic heterocycles. The van der Waals surface area contributed by atoms with Gasteiger partial charge in [-0.2, -0.15) is 4.31 Å². The summed E-state index contributed by atoms with van der Waals surface area (Å²) in [6, 6.07) is 9.36. The van der Waals surface area contributed by atoms with Crippen LogP contribution in [-0.2, 0) is 24.8 Å². The van der Waals surface area contributed by atoms with Gasteiger partial charge in [-0.1, -0.05) is 0 Å². The van der Waals surface area contributed by atoms with Gasteiger partial charge in [0.1, 0.15) is 5.75 Å². The van der Waals surface area contributed by atoms with E-state index in [1.54, 1.807) is 13.8 Å². The van der Waals surface area contributed by atoms with E-state index in [0.29, 0.717) is 13.2 Å². The molecule has 2 aromatic rings. The largest absolute Gasteiger partial charge is 0.495 e. The number of carbonyl (C=O) groups is 1. The molecule has 180 valence electrons. The van der Waals surface area contributed by atoms with Crippen molar-refractivity contribution in [1.82, 2.24) is 9.03 Å². The number of ether oxygens (including phenoxy) is 2. The van der Waals surface area contributed by atoms with E-state index in [1.165, 1.54) is 53.9 Å². The number of amides is 1. The molecule has 0 saturated carbocycles. The lowest BCUT2D eigenvalue weighted by molar-refractivity contribution is 0.0730. The molecule has 33 heavy (non-hydrogen) atoms. The van der Waals surface area contributed by atoms with Crippen LogP contribution in [-0.4, -0.2) is 66.5 Å². The molecule has 0 atom stereocenters. The first-order chi connectivity index (χ1) is 15.5. The summed E-state index contributed by atoms with van der Waals surface area (Å²) in [5.41, 5.74) is 0.366. The Morgan fingerprint density at radius 3 is 2.18 bits per heavy atom. The van der Waals surface area contributed by atoms with E-state index in [0.717, 1.165) is 0 Å². The monoisotopic (exact) mass is 497 g/mol. The summed E-state index contributed by atoms with van der Waals surface area (Å²) in [5.74, 6) is -0.270. The molecule has 0 bridgehead atoms. The van der Waals surface area contributed by atoms with E-state index in [2.05, 4.69) is 10.0 Å². The van der Waals surface area contributed by atoms with Crippen LogP contribution in [0.2, 0.25) is 0 Å². The van der Waals surface area contributed by atoms with Crippen LogP contribution in [0, 0.1) is 0 Å². The van der Waals surface area contributed by atoms with E-state index in [4.69, 9.17) is 9.47 Å². The van der Waals surface area contributed by atoms with Crippen LogP contribution in [0.5, 0.6) is 5.75 Å². The van der Waals surface area contributed by atoms with Gasteiger partial charge in [-0.05, 0) is 56.3 Å². The second-order valence-corrected chi connectivity index (χ2v) is 11.3. The van der Waals surface area contributed by atoms with Crippen molar-refractivity contribution in [2.24, 2.45) is 0 Å². The maximum absolute atomic E-state index is 12.8. The zero-order valence-electron chi connectivity index (χ0n) is 18.6. The number of benzene rings is 2. The van der Waals surface area contributed by atoms with Gasteiger partial charge in [0, 0.05) is 24.7 Å². The number of carbonyl (C=O) groups excluding carboxylic acids is 1. The molecule has 2 aromatic carbocycles. The predicted octanol–water partition coefficient (Wildman–Crippen LogP) is 1.66. The van der Waals surface area contributed by atoms with E-state index in [9.17, 15) is 21.6 Å². The molecular weight excluding hydrogens is 470 g/mol. The van der Waals surface area contributed by atoms with Crippen molar-refractivity contribution in [2.45, 2.75) is 29.7 Å². The highest BCUT2D eigenvalue weighted by Crippen LogP contribution is 2.28. The molecule has 3 rings (SSSR count). The summed E-state index contributed by atoms with van der Waals surface area (Å²) in [7, 11) is -6.06. The Kier molecular flexibility index (Phi) is 7.75. The van der Waals surface area contributed by atoms with E-state index >= 15 is 0 Å². The third kappa shape index (κ3) is 5.89. The highest BCUT2D eigenvalue weighted by Gasteiger charge is 2.26. The number of nitrogens with zero attached hydrogens (tertiary/aromatic N) is 1. The lowest BCUT2D eigenvalue weighted by atomic mass is 10.2. The minimum atomic E-state index is -3.78. The van der Waals surface area contributed by atoms with Crippen LogP contribution >= 0.6 is 0 Å². The number of rotatable bonds is 8. The zero-order valence-corrected chi connectivity index (χ0v) is 20.2. The van der Waals surface area contributed by atoms with Gasteiger partial charge in [0.15, 0.2) is 0 Å². The Morgan fingerprint density at radius 2 is 1.61 bits per heavy atom. The van der Waals surface area contributed by atoms with Crippen molar-refractivity contribution >= 4 is 31.6 Å². The second kappa shape index (κ2) is 10.2. The average molecular weight is 498 g/mol. The Bertz CT molecular complexity index is 1200. The summed E-state index contributed by atoms with van der Waals surface area (Å²) in [6.45, 7) is 4.62. The summed E-state index contributed by atoms with van der Waals surface area (Å²) < 4.78 is 64.7. The van der Waals surface area contributed by atoms with Crippen molar-refractivity contribution < 1.29 is 31.1 Å². The molecule has 2 N–H and O–H groups in total. The fraction of sp³-hybridized carbons (Fsp3) is 0.381. The van der Waals surface area contributed by atoms with Gasteiger partial charge >= 0.3 is 0 Å². The molecule has 0 aliphatic carbocycles. The zero-order chi connectivity index (χ0) is 24.2. The Balaban J connectivity index is 1.81. The number of nitrogens with one attached hydrogen (secondary N) is 2. The molecule has 12 heteroatoms. The molecule has 1 amide bonds. The van der Waals surface area contributed by atoms with Gasteiger partial charge in [-0.3, -0.25) is 4.79 Å². The summed E-state index contributed by atoms with van der Waals surface area (Å²) >= 11 is 0. The first-order valence-electron chi connectivity index (χ1n) is 10.2. The second-order valence-electron chi connectivity index (χ2n) is 7.63. The number of morpholine rings is 1. The topological polar surface area (TPSA) is 131 Å². The van der Waals surface area contributed by atoms with Crippen LogP contribution in [0.15, 0.2) is 52.3 Å². The standard InChI is InChI=1S/C21H27N3O7S2/c1-15(2)23-32(26,27)18-8-9-20(30-3)19(14-18)22-21(25)16-4-6-17(7-5-16)33(28,29)24-10-12-31-13-11-24/h4-9,14-15,23H,10-13H2,1-3H3,(H,22,25). The van der Waals surface area contributed by atoms with Crippen LogP contribution in [0.3, 0.4) is 0 Å². The number of sulfonamides is 2. The molecule has 1 aliphatic rings. The molecular formula is C21H27N3O7S2. The number of hydrogen-bond donors (Lipinski definition) is 2. The van der Waals surface area contributed by atoms with Crippen LogP contribution in [0.4, 0.5) is 5.69 Å². The Morgan fingerprint density at radius 1 is 1.00 bits per heavy atom. The molecule has 0 spiro atoms. The number of anilines is 1. The van der Waals surface area contributed by atoms with E-state index < -0.39 is 26.0 Å². The molecule has 10 nitrogen and oxygen atoms in total. The summed E-state index contributed by atoms with van der Waals surface area (Å²) in [4.78, 5) is 12.8. The molecule has 1 fully saturated rings. The minimum absolute atomic E-state index is 0.0285. The normalized spacial score (nSPS) is 15.4. The first-order valence-corrected chi connectivity index (χ1v) is 13.2. The Hall–Kier alpha value is -2.51. The molecule has 0 unspecified atom stereocenters. The fourth-order valence-corrected chi connectivity index (χ4v) is 5.92. The van der Waals surface area contributed by atoms with E-state index in [-0.39, 0.29) is 45.9 Å². The smallest absolute Gasteiger partial charge is 0.255 e. The fourth-order valence-electron chi connectivity index (χ4n) is 3.24. The van der Waals surface area contributed by atoms with Crippen LogP contribution in [0.25, 0.3) is 0 Å². The highest BCUT2D eigenvalue weighted by atomic mass is 32.2. The van der Waals surface area contributed by atoms with E-state index in [1.807, 2.05) is 0 Å². The first kappa shape index (κ1) is 25.1. The Labute approximate surface area is 194 Å². The lowest BCUT2D eigenvalue weighted by Gasteiger charge is -2.26. The predicted molar refractivity (Wildman–Crippen MR) is 122 cm³/mol. The van der Waals surface area contributed by atoms with Crippen molar-refractivity contribution in [3.05, 3.63) is 48.0 Å². The van der Waals surface area contributed by atoms with Crippen molar-refractivity contribution in [3.63, 3.8) is 0 Å². The summed E-state index contributed by atoms with van der Waals surface area (Å²) in [6.07, 6.45) is 0. The van der Waals surface area contributed by atoms with Crippen molar-refractivity contribution in [2.75, 3.05) is 38.7 Å². The summed E-state index contributed by atoms with van der Waals surface area (Å²) in [5, 5.41) is 2.63. The SMILES string of the molecule is COc1ccc(S(=O)(=O)NC(C)C)cc1NC(=O)c1ccc(S(=O)(=O)N2CCOCC2)cc1. The van der Waals surface area contributed by atoms with Crippen LogP contribution in [0.1, 0.15) is 24.2 Å². The highest BCUT2D eigenvalue weighted by molar-refractivity contribution is 7.89. The minimum Gasteiger partial charge on any atom is -0.495 e. The van der Waals surface area contributed by atoms with Crippen molar-refractivity contribution in [1.29, 1.82) is 0 Å². The van der Waals surface area contributed by atoms with Gasteiger partial charge < -0.3 is 14.8 Å². The third-order valence-electron chi connectivity index (χ3n) is 4.84. The molecule has 1 heterocycles. The van der Waals surface area contributed by atoms with Crippen LogP contribution < -0.4 is 14.8 Å². The average Bonchev–Trinajstić information content (AvgIpc) is 2.79. The maximum atomic E-state index is 12.8. The molecule has 1 aliphatic heterocycles. The molecule has 1 saturated heterocycles. The van der Waals surface area contributed by atoms with Gasteiger partial charge in [0.2, 0.25) is 20.0 Å². The third-order valence-corrected chi connectivity index (χ3v) is 8.41. The van der Waals surface area contributed by atoms with Gasteiger partial charge in [0.05, 0.1) is 35.8 Å². The lowest BCUT2D eigenvalue weighted by Crippen LogP contribution is -2.40. The van der Waals surface area contributed by atoms with Crippen molar-refractivity contribution in [3.8, 4) is 5.75 Å². The maximum Gasteiger partial charge on any atom is 0.255 e. The number of methoxy groups -OCH3 is 1. The molecule has 0 radical (unpaired) electrons. The van der Waals surface area contributed by atoms with Gasteiger partial charge in [0.25, 0.3) is 5.91 Å². The van der Waals surface area contributed by atoms with Gasteiger partial charge in [-0.15, -0.1) is 0 Å². The van der Waals surface area contributed by atoms with Gasteiger partial charge in [-0.25, -0.2) is 21.6 Å².